The third-order valence-electron chi connectivity index (χ3n) is 3.31. The third kappa shape index (κ3) is 2.83. The van der Waals surface area contributed by atoms with E-state index in [2.05, 4.69) is 25.9 Å². The molecule has 0 saturated carbocycles. The normalized spacial score (nSPS) is 18.1. The van der Waals surface area contributed by atoms with E-state index < -0.39 is 0 Å². The number of hydrogen-bond acceptors (Lipinski definition) is 5. The van der Waals surface area contributed by atoms with Crippen molar-refractivity contribution in [3.05, 3.63) is 42.0 Å². The molecular formula is C13H16N6O. The van der Waals surface area contributed by atoms with Gasteiger partial charge >= 0.3 is 0 Å². The second-order valence-corrected chi connectivity index (χ2v) is 4.73. The lowest BCUT2D eigenvalue weighted by atomic mass is 10.3. The molecule has 1 saturated heterocycles. The van der Waals surface area contributed by atoms with Crippen LogP contribution in [0.3, 0.4) is 0 Å². The van der Waals surface area contributed by atoms with Crippen molar-refractivity contribution in [3.8, 4) is 0 Å². The van der Waals surface area contributed by atoms with Crippen LogP contribution in [0.25, 0.3) is 0 Å². The van der Waals surface area contributed by atoms with Gasteiger partial charge in [-0.1, -0.05) is 11.3 Å². The fourth-order valence-electron chi connectivity index (χ4n) is 2.19. The van der Waals surface area contributed by atoms with Crippen LogP contribution in [0.1, 0.15) is 28.6 Å². The topological polar surface area (TPSA) is 84.7 Å². The highest BCUT2D eigenvalue weighted by Crippen LogP contribution is 2.13. The Morgan fingerprint density at radius 1 is 1.50 bits per heavy atom. The lowest BCUT2D eigenvalue weighted by Gasteiger charge is -2.06. The van der Waals surface area contributed by atoms with E-state index in [0.717, 1.165) is 25.2 Å². The van der Waals surface area contributed by atoms with E-state index in [4.69, 9.17) is 0 Å². The van der Waals surface area contributed by atoms with Crippen molar-refractivity contribution in [2.24, 2.45) is 0 Å². The molecule has 0 bridgehead atoms. The zero-order valence-electron chi connectivity index (χ0n) is 11.0. The highest BCUT2D eigenvalue weighted by molar-refractivity contribution is 5.91. The maximum absolute atomic E-state index is 12.0. The smallest absolute Gasteiger partial charge is 0.273 e. The largest absolute Gasteiger partial charge is 0.345 e. The monoisotopic (exact) mass is 272 g/mol. The lowest BCUT2D eigenvalue weighted by molar-refractivity contribution is 0.0945. The maximum atomic E-state index is 12.0. The van der Waals surface area contributed by atoms with Crippen LogP contribution in [-0.2, 0) is 6.54 Å². The summed E-state index contributed by atoms with van der Waals surface area (Å²) in [5, 5.41) is 14.0. The minimum absolute atomic E-state index is 0.229. The van der Waals surface area contributed by atoms with Gasteiger partial charge in [0.15, 0.2) is 5.69 Å². The molecule has 7 nitrogen and oxygen atoms in total. The molecule has 1 unspecified atom stereocenters. The molecule has 0 aliphatic carbocycles. The van der Waals surface area contributed by atoms with Crippen molar-refractivity contribution in [1.82, 2.24) is 30.6 Å². The third-order valence-corrected chi connectivity index (χ3v) is 3.31. The number of hydrogen-bond donors (Lipinski definition) is 2. The Bertz CT molecular complexity index is 576. The van der Waals surface area contributed by atoms with Crippen LogP contribution in [0.4, 0.5) is 0 Å². The first-order chi connectivity index (χ1) is 9.83. The first-order valence-corrected chi connectivity index (χ1v) is 6.63. The quantitative estimate of drug-likeness (QED) is 0.827. The Labute approximate surface area is 116 Å². The maximum Gasteiger partial charge on any atom is 0.273 e. The second kappa shape index (κ2) is 5.79. The van der Waals surface area contributed by atoms with E-state index in [-0.39, 0.29) is 5.91 Å². The second-order valence-electron chi connectivity index (χ2n) is 4.73. The van der Waals surface area contributed by atoms with Crippen molar-refractivity contribution >= 4 is 5.91 Å². The zero-order valence-corrected chi connectivity index (χ0v) is 11.0. The summed E-state index contributed by atoms with van der Waals surface area (Å²) in [4.78, 5) is 16.1. The van der Waals surface area contributed by atoms with E-state index >= 15 is 0 Å². The van der Waals surface area contributed by atoms with Crippen LogP contribution in [0.2, 0.25) is 0 Å². The highest BCUT2D eigenvalue weighted by atomic mass is 16.2. The molecule has 0 aromatic carbocycles. The molecular weight excluding hydrogens is 256 g/mol. The van der Waals surface area contributed by atoms with Gasteiger partial charge in [-0.25, -0.2) is 4.68 Å². The van der Waals surface area contributed by atoms with Crippen molar-refractivity contribution in [3.63, 3.8) is 0 Å². The molecule has 1 atom stereocenters. The van der Waals surface area contributed by atoms with Gasteiger partial charge in [-0.3, -0.25) is 9.78 Å². The van der Waals surface area contributed by atoms with Crippen molar-refractivity contribution in [2.75, 3.05) is 13.1 Å². The van der Waals surface area contributed by atoms with Gasteiger partial charge in [0.25, 0.3) is 5.91 Å². The Morgan fingerprint density at radius 3 is 3.20 bits per heavy atom. The molecule has 3 rings (SSSR count). The van der Waals surface area contributed by atoms with E-state index in [0.29, 0.717) is 18.3 Å². The molecule has 0 radical (unpaired) electrons. The van der Waals surface area contributed by atoms with E-state index in [9.17, 15) is 4.79 Å². The Kier molecular flexibility index (Phi) is 3.69. The minimum atomic E-state index is -0.229. The van der Waals surface area contributed by atoms with Gasteiger partial charge in [-0.05, 0) is 25.1 Å². The predicted octanol–water partition coefficient (Wildman–Crippen LogP) is 0.137. The van der Waals surface area contributed by atoms with Crippen LogP contribution < -0.4 is 10.6 Å². The van der Waals surface area contributed by atoms with E-state index in [1.165, 1.54) is 0 Å². The highest BCUT2D eigenvalue weighted by Gasteiger charge is 2.19. The lowest BCUT2D eigenvalue weighted by Crippen LogP contribution is -2.23. The van der Waals surface area contributed by atoms with Gasteiger partial charge in [-0.15, -0.1) is 5.10 Å². The molecule has 2 aromatic rings. The molecule has 3 heterocycles. The number of pyridine rings is 1. The van der Waals surface area contributed by atoms with Gasteiger partial charge in [0.2, 0.25) is 0 Å². The van der Waals surface area contributed by atoms with E-state index in [1.54, 1.807) is 17.1 Å². The predicted molar refractivity (Wildman–Crippen MR) is 72.0 cm³/mol. The summed E-state index contributed by atoms with van der Waals surface area (Å²) in [7, 11) is 0. The van der Waals surface area contributed by atoms with Gasteiger partial charge in [-0.2, -0.15) is 0 Å². The van der Waals surface area contributed by atoms with Crippen molar-refractivity contribution in [1.29, 1.82) is 0 Å². The fourth-order valence-corrected chi connectivity index (χ4v) is 2.19. The fraction of sp³-hybridized carbons (Fsp3) is 0.385. The summed E-state index contributed by atoms with van der Waals surface area (Å²) in [6.07, 6.45) is 4.41. The molecule has 20 heavy (non-hydrogen) atoms. The Hall–Kier alpha value is -2.28. The van der Waals surface area contributed by atoms with Crippen LogP contribution in [0, 0.1) is 0 Å². The average molecular weight is 272 g/mol. The number of carbonyl (C=O) groups is 1. The summed E-state index contributed by atoms with van der Waals surface area (Å²) in [6, 6.07) is 5.88. The molecule has 7 heteroatoms. The molecule has 104 valence electrons. The molecule has 1 aliphatic rings. The van der Waals surface area contributed by atoms with Crippen molar-refractivity contribution < 1.29 is 4.79 Å². The number of aromatic nitrogens is 4. The van der Waals surface area contributed by atoms with Gasteiger partial charge < -0.3 is 10.6 Å². The Balaban J connectivity index is 1.59. The molecule has 2 aromatic heterocycles. The molecule has 1 amide bonds. The average Bonchev–Trinajstić information content (AvgIpc) is 3.16. The van der Waals surface area contributed by atoms with Crippen LogP contribution in [0.5, 0.6) is 0 Å². The van der Waals surface area contributed by atoms with Gasteiger partial charge in [0.1, 0.15) is 0 Å². The summed E-state index contributed by atoms with van der Waals surface area (Å²) < 4.78 is 1.76. The summed E-state index contributed by atoms with van der Waals surface area (Å²) in [6.45, 7) is 2.24. The number of amides is 1. The number of nitrogens with zero attached hydrogens (tertiary/aromatic N) is 4. The Morgan fingerprint density at radius 2 is 2.45 bits per heavy atom. The van der Waals surface area contributed by atoms with Crippen LogP contribution in [-0.4, -0.2) is 39.0 Å². The molecule has 1 aliphatic heterocycles. The van der Waals surface area contributed by atoms with Gasteiger partial charge in [0, 0.05) is 12.7 Å². The van der Waals surface area contributed by atoms with Crippen molar-refractivity contribution in [2.45, 2.75) is 19.0 Å². The van der Waals surface area contributed by atoms with E-state index in [1.807, 2.05) is 18.2 Å². The van der Waals surface area contributed by atoms with Crippen LogP contribution in [0.15, 0.2) is 30.6 Å². The molecule has 1 fully saturated rings. The molecule has 0 spiro atoms. The number of nitrogens with one attached hydrogen (secondary N) is 2. The SMILES string of the molecule is O=C(NCc1ccccn1)c1cn(C2CCNC2)nn1. The summed E-state index contributed by atoms with van der Waals surface area (Å²) in [5.41, 5.74) is 1.15. The molecule has 2 N–H and O–H groups in total. The summed E-state index contributed by atoms with van der Waals surface area (Å²) in [5.74, 6) is -0.229. The first-order valence-electron chi connectivity index (χ1n) is 6.63. The number of carbonyl (C=O) groups excluding carboxylic acids is 1. The first kappa shape index (κ1) is 12.7. The summed E-state index contributed by atoms with van der Waals surface area (Å²) >= 11 is 0. The standard InChI is InChI=1S/C13H16N6O/c20-13(16-7-10-3-1-2-5-15-10)12-9-19(18-17-12)11-4-6-14-8-11/h1-3,5,9,11,14H,4,6-8H2,(H,16,20). The number of rotatable bonds is 4. The zero-order chi connectivity index (χ0) is 13.8. The van der Waals surface area contributed by atoms with Crippen LogP contribution >= 0.6 is 0 Å². The minimum Gasteiger partial charge on any atom is -0.345 e. The van der Waals surface area contributed by atoms with Gasteiger partial charge in [0.05, 0.1) is 24.5 Å².